The van der Waals surface area contributed by atoms with Gasteiger partial charge in [-0.3, -0.25) is 4.79 Å². The third-order valence-electron chi connectivity index (χ3n) is 2.21. The van der Waals surface area contributed by atoms with Gasteiger partial charge in [0.05, 0.1) is 12.7 Å². The van der Waals surface area contributed by atoms with Crippen LogP contribution in [0.4, 0.5) is 0 Å². The summed E-state index contributed by atoms with van der Waals surface area (Å²) >= 11 is 0. The van der Waals surface area contributed by atoms with Crippen LogP contribution in [0.1, 0.15) is 15.9 Å². The van der Waals surface area contributed by atoms with E-state index in [0.717, 1.165) is 12.2 Å². The second-order valence-electron chi connectivity index (χ2n) is 3.53. The van der Waals surface area contributed by atoms with Gasteiger partial charge in [-0.25, -0.2) is 0 Å². The van der Waals surface area contributed by atoms with Crippen molar-refractivity contribution in [3.8, 4) is 0 Å². The number of epoxide rings is 1. The summed E-state index contributed by atoms with van der Waals surface area (Å²) in [7, 11) is 0. The molecule has 1 atom stereocenters. The third-order valence-corrected chi connectivity index (χ3v) is 2.21. The number of amides is 1. The SMILES string of the molecule is Cc1ccc(C(=O)NC[C@H]2CO2)cc1. The van der Waals surface area contributed by atoms with Crippen molar-refractivity contribution in [3.05, 3.63) is 35.4 Å². The molecule has 0 unspecified atom stereocenters. The number of carbonyl (C=O) groups is 1. The minimum absolute atomic E-state index is 0.0273. The van der Waals surface area contributed by atoms with E-state index in [1.165, 1.54) is 0 Å². The molecule has 1 aromatic rings. The Labute approximate surface area is 83.1 Å². The molecule has 0 saturated carbocycles. The van der Waals surface area contributed by atoms with Gasteiger partial charge < -0.3 is 10.1 Å². The molecule has 2 rings (SSSR count). The maximum atomic E-state index is 11.5. The van der Waals surface area contributed by atoms with Crippen molar-refractivity contribution in [3.63, 3.8) is 0 Å². The molecule has 1 aromatic carbocycles. The van der Waals surface area contributed by atoms with Crippen LogP contribution in [0.3, 0.4) is 0 Å². The summed E-state index contributed by atoms with van der Waals surface area (Å²) in [5.41, 5.74) is 1.86. The van der Waals surface area contributed by atoms with Gasteiger partial charge in [0.2, 0.25) is 0 Å². The van der Waals surface area contributed by atoms with Crippen LogP contribution >= 0.6 is 0 Å². The van der Waals surface area contributed by atoms with Crippen LogP contribution in [-0.4, -0.2) is 25.2 Å². The normalized spacial score (nSPS) is 19.1. The van der Waals surface area contributed by atoms with Gasteiger partial charge in [0.1, 0.15) is 0 Å². The Balaban J connectivity index is 1.92. The molecule has 0 aliphatic carbocycles. The zero-order chi connectivity index (χ0) is 9.97. The standard InChI is InChI=1S/C11H13NO2/c1-8-2-4-9(5-3-8)11(13)12-6-10-7-14-10/h2-5,10H,6-7H2,1H3,(H,12,13)/t10-/m0/s1. The van der Waals surface area contributed by atoms with E-state index in [0.29, 0.717) is 12.1 Å². The highest BCUT2D eigenvalue weighted by Gasteiger charge is 2.22. The number of ether oxygens (including phenoxy) is 1. The monoisotopic (exact) mass is 191 g/mol. The number of hydrogen-bond acceptors (Lipinski definition) is 2. The Bertz CT molecular complexity index is 328. The molecule has 0 bridgehead atoms. The molecule has 1 heterocycles. The molecule has 1 saturated heterocycles. The van der Waals surface area contributed by atoms with E-state index in [1.54, 1.807) is 0 Å². The Hall–Kier alpha value is -1.35. The van der Waals surface area contributed by atoms with Crippen molar-refractivity contribution < 1.29 is 9.53 Å². The van der Waals surface area contributed by atoms with E-state index >= 15 is 0 Å². The molecule has 0 aromatic heterocycles. The largest absolute Gasteiger partial charge is 0.371 e. The van der Waals surface area contributed by atoms with Crippen LogP contribution in [0.5, 0.6) is 0 Å². The molecule has 3 heteroatoms. The maximum Gasteiger partial charge on any atom is 0.251 e. The molecule has 0 radical (unpaired) electrons. The molecule has 0 spiro atoms. The topological polar surface area (TPSA) is 41.6 Å². The van der Waals surface area contributed by atoms with E-state index in [9.17, 15) is 4.79 Å². The smallest absolute Gasteiger partial charge is 0.251 e. The van der Waals surface area contributed by atoms with Gasteiger partial charge in [-0.1, -0.05) is 17.7 Å². The van der Waals surface area contributed by atoms with Crippen molar-refractivity contribution in [2.45, 2.75) is 13.0 Å². The minimum atomic E-state index is -0.0273. The van der Waals surface area contributed by atoms with Crippen molar-refractivity contribution in [2.75, 3.05) is 13.2 Å². The quantitative estimate of drug-likeness (QED) is 0.727. The van der Waals surface area contributed by atoms with E-state index in [-0.39, 0.29) is 12.0 Å². The van der Waals surface area contributed by atoms with Crippen molar-refractivity contribution in [1.82, 2.24) is 5.32 Å². The van der Waals surface area contributed by atoms with Gasteiger partial charge in [0.15, 0.2) is 0 Å². The van der Waals surface area contributed by atoms with Crippen LogP contribution in [0, 0.1) is 6.92 Å². The lowest BCUT2D eigenvalue weighted by Crippen LogP contribution is -2.27. The summed E-state index contributed by atoms with van der Waals surface area (Å²) in [6, 6.07) is 7.53. The summed E-state index contributed by atoms with van der Waals surface area (Å²) in [5.74, 6) is -0.0273. The molecule has 1 aliphatic rings. The van der Waals surface area contributed by atoms with Crippen molar-refractivity contribution in [2.24, 2.45) is 0 Å². The van der Waals surface area contributed by atoms with Gasteiger partial charge in [-0.05, 0) is 19.1 Å². The summed E-state index contributed by atoms with van der Waals surface area (Å²) in [6.45, 7) is 3.39. The molecule has 14 heavy (non-hydrogen) atoms. The van der Waals surface area contributed by atoms with Gasteiger partial charge >= 0.3 is 0 Å². The van der Waals surface area contributed by atoms with Crippen LogP contribution < -0.4 is 5.32 Å². The zero-order valence-corrected chi connectivity index (χ0v) is 8.12. The highest BCUT2D eigenvalue weighted by molar-refractivity contribution is 5.94. The maximum absolute atomic E-state index is 11.5. The lowest BCUT2D eigenvalue weighted by atomic mass is 10.1. The highest BCUT2D eigenvalue weighted by atomic mass is 16.6. The molecule has 1 amide bonds. The molecule has 3 nitrogen and oxygen atoms in total. The Morgan fingerprint density at radius 3 is 2.71 bits per heavy atom. The van der Waals surface area contributed by atoms with Gasteiger partial charge in [0, 0.05) is 12.1 Å². The van der Waals surface area contributed by atoms with E-state index in [2.05, 4.69) is 5.32 Å². The minimum Gasteiger partial charge on any atom is -0.371 e. The lowest BCUT2D eigenvalue weighted by molar-refractivity contribution is 0.0950. The average Bonchev–Trinajstić information content (AvgIpc) is 2.99. The first-order valence-corrected chi connectivity index (χ1v) is 4.72. The molecular formula is C11H13NO2. The molecular weight excluding hydrogens is 178 g/mol. The summed E-state index contributed by atoms with van der Waals surface area (Å²) in [6.07, 6.45) is 0.240. The predicted molar refractivity (Wildman–Crippen MR) is 53.3 cm³/mol. The fraction of sp³-hybridized carbons (Fsp3) is 0.364. The number of nitrogens with one attached hydrogen (secondary N) is 1. The van der Waals surface area contributed by atoms with Crippen LogP contribution in [-0.2, 0) is 4.74 Å². The summed E-state index contributed by atoms with van der Waals surface area (Å²) in [5, 5.41) is 2.82. The third kappa shape index (κ3) is 2.33. The fourth-order valence-electron chi connectivity index (χ4n) is 1.20. The van der Waals surface area contributed by atoms with Gasteiger partial charge in [-0.15, -0.1) is 0 Å². The average molecular weight is 191 g/mol. The van der Waals surface area contributed by atoms with Crippen LogP contribution in [0.15, 0.2) is 24.3 Å². The number of carbonyl (C=O) groups excluding carboxylic acids is 1. The number of benzene rings is 1. The fourth-order valence-corrected chi connectivity index (χ4v) is 1.20. The summed E-state index contributed by atoms with van der Waals surface area (Å²) < 4.78 is 5.00. The first kappa shape index (κ1) is 9.21. The number of aryl methyl sites for hydroxylation is 1. The Morgan fingerprint density at radius 2 is 2.14 bits per heavy atom. The Morgan fingerprint density at radius 1 is 1.50 bits per heavy atom. The predicted octanol–water partition coefficient (Wildman–Crippen LogP) is 1.12. The first-order valence-electron chi connectivity index (χ1n) is 4.72. The lowest BCUT2D eigenvalue weighted by Gasteiger charge is -2.02. The van der Waals surface area contributed by atoms with E-state index < -0.39 is 0 Å². The van der Waals surface area contributed by atoms with Crippen LogP contribution in [0.2, 0.25) is 0 Å². The second-order valence-corrected chi connectivity index (χ2v) is 3.53. The molecule has 1 aliphatic heterocycles. The number of rotatable bonds is 3. The summed E-state index contributed by atoms with van der Waals surface area (Å²) in [4.78, 5) is 11.5. The van der Waals surface area contributed by atoms with Crippen molar-refractivity contribution >= 4 is 5.91 Å². The van der Waals surface area contributed by atoms with Gasteiger partial charge in [0.25, 0.3) is 5.91 Å². The second kappa shape index (κ2) is 3.80. The van der Waals surface area contributed by atoms with Crippen molar-refractivity contribution in [1.29, 1.82) is 0 Å². The zero-order valence-electron chi connectivity index (χ0n) is 8.12. The van der Waals surface area contributed by atoms with E-state index in [4.69, 9.17) is 4.74 Å². The van der Waals surface area contributed by atoms with Gasteiger partial charge in [-0.2, -0.15) is 0 Å². The molecule has 1 N–H and O–H groups in total. The molecule has 74 valence electrons. The van der Waals surface area contributed by atoms with E-state index in [1.807, 2.05) is 31.2 Å². The highest BCUT2D eigenvalue weighted by Crippen LogP contribution is 2.07. The van der Waals surface area contributed by atoms with Crippen LogP contribution in [0.25, 0.3) is 0 Å². The first-order chi connectivity index (χ1) is 6.75. The molecule has 1 fully saturated rings. The number of hydrogen-bond donors (Lipinski definition) is 1. The Kier molecular flexibility index (Phi) is 2.50.